The van der Waals surface area contributed by atoms with Gasteiger partial charge in [0.15, 0.2) is 0 Å². The lowest BCUT2D eigenvalue weighted by atomic mass is 9.90. The van der Waals surface area contributed by atoms with E-state index in [0.29, 0.717) is 0 Å². The van der Waals surface area contributed by atoms with Gasteiger partial charge in [0, 0.05) is 0 Å². The van der Waals surface area contributed by atoms with Gasteiger partial charge in [0.2, 0.25) is 0 Å². The maximum atomic E-state index is 2.48. The highest BCUT2D eigenvalue weighted by Gasteiger charge is 2.07. The maximum Gasteiger partial charge on any atom is -0.0323 e. The summed E-state index contributed by atoms with van der Waals surface area (Å²) in [6.07, 6.45) is 13.3. The Kier molecular flexibility index (Phi) is 10.7. The molecule has 0 aliphatic carbocycles. The van der Waals surface area contributed by atoms with Crippen LogP contribution >= 0.6 is 0 Å². The van der Waals surface area contributed by atoms with Crippen molar-refractivity contribution in [1.82, 2.24) is 0 Å². The quantitative estimate of drug-likeness (QED) is 0.306. The molecule has 0 radical (unpaired) electrons. The molecule has 0 fully saturated rings. The summed E-state index contributed by atoms with van der Waals surface area (Å²) < 4.78 is 0. The largest absolute Gasteiger partial charge is 0.0856 e. The highest BCUT2D eigenvalue weighted by atomic mass is 14.1. The van der Waals surface area contributed by atoms with Crippen molar-refractivity contribution in [3.05, 3.63) is 11.6 Å². The summed E-state index contributed by atoms with van der Waals surface area (Å²) in [4.78, 5) is 0. The molecule has 0 rings (SSSR count). The molecule has 0 spiro atoms. The summed E-state index contributed by atoms with van der Waals surface area (Å²) >= 11 is 0. The van der Waals surface area contributed by atoms with E-state index in [1.165, 1.54) is 51.4 Å². The van der Waals surface area contributed by atoms with Crippen molar-refractivity contribution in [3.63, 3.8) is 0 Å². The lowest BCUT2D eigenvalue weighted by molar-refractivity contribution is 0.378. The van der Waals surface area contributed by atoms with Gasteiger partial charge < -0.3 is 0 Å². The van der Waals surface area contributed by atoms with E-state index < -0.39 is 0 Å². The molecule has 0 bridgehead atoms. The van der Waals surface area contributed by atoms with Gasteiger partial charge in [-0.1, -0.05) is 58.6 Å². The van der Waals surface area contributed by atoms with Crippen molar-refractivity contribution in [2.45, 2.75) is 86.0 Å². The van der Waals surface area contributed by atoms with Crippen LogP contribution < -0.4 is 0 Å². The minimum Gasteiger partial charge on any atom is -0.0856 e. The van der Waals surface area contributed by atoms with Gasteiger partial charge in [0.1, 0.15) is 0 Å². The molecule has 0 N–H and O–H groups in total. The number of hydrogen-bond donors (Lipinski definition) is 0. The van der Waals surface area contributed by atoms with Crippen LogP contribution in [0.4, 0.5) is 0 Å². The molecule has 0 nitrogen and oxygen atoms in total. The Bertz CT molecular complexity index is 188. The van der Waals surface area contributed by atoms with Gasteiger partial charge in [0.05, 0.1) is 0 Å². The van der Waals surface area contributed by atoms with Crippen molar-refractivity contribution < 1.29 is 0 Å². The second kappa shape index (κ2) is 10.9. The van der Waals surface area contributed by atoms with Crippen LogP contribution in [-0.4, -0.2) is 0 Å². The van der Waals surface area contributed by atoms with E-state index in [-0.39, 0.29) is 0 Å². The zero-order valence-electron chi connectivity index (χ0n) is 12.9. The van der Waals surface area contributed by atoms with Gasteiger partial charge in [-0.2, -0.15) is 0 Å². The molecule has 0 aliphatic rings. The Hall–Kier alpha value is -0.260. The second-order valence-corrected chi connectivity index (χ2v) is 5.99. The predicted molar refractivity (Wildman–Crippen MR) is 80.4 cm³/mol. The fourth-order valence-corrected chi connectivity index (χ4v) is 2.48. The van der Waals surface area contributed by atoms with Crippen LogP contribution in [0.3, 0.4) is 0 Å². The average Bonchev–Trinajstić information content (AvgIpc) is 2.27. The lowest BCUT2D eigenvalue weighted by Crippen LogP contribution is -2.02. The Morgan fingerprint density at radius 3 is 2.35 bits per heavy atom. The smallest absolute Gasteiger partial charge is 0.0323 e. The lowest BCUT2D eigenvalue weighted by Gasteiger charge is -2.16. The SMILES string of the molecule is CCCCCC(C)=CCCC(CC)CC(C)C. The molecule has 0 aliphatic heterocycles. The molecule has 0 saturated carbocycles. The first-order valence-corrected chi connectivity index (χ1v) is 7.75. The van der Waals surface area contributed by atoms with E-state index in [2.05, 4.69) is 40.7 Å². The molecule has 0 aromatic rings. The summed E-state index contributed by atoms with van der Waals surface area (Å²) in [5.74, 6) is 1.80. The Balaban J connectivity index is 3.73. The molecule has 1 atom stereocenters. The molecule has 1 unspecified atom stereocenters. The Morgan fingerprint density at radius 1 is 1.12 bits per heavy atom. The maximum absolute atomic E-state index is 2.48. The predicted octanol–water partition coefficient (Wildman–Crippen LogP) is 6.37. The van der Waals surface area contributed by atoms with E-state index in [4.69, 9.17) is 0 Å². The molecular weight excluding hydrogens is 204 g/mol. The summed E-state index contributed by atoms with van der Waals surface area (Å²) in [6, 6.07) is 0. The van der Waals surface area contributed by atoms with Crippen molar-refractivity contribution >= 4 is 0 Å². The number of rotatable bonds is 10. The molecule has 17 heavy (non-hydrogen) atoms. The van der Waals surface area contributed by atoms with Gasteiger partial charge in [-0.3, -0.25) is 0 Å². The topological polar surface area (TPSA) is 0 Å². The fraction of sp³-hybridized carbons (Fsp3) is 0.882. The van der Waals surface area contributed by atoms with Crippen molar-refractivity contribution in [3.8, 4) is 0 Å². The molecule has 0 amide bonds. The van der Waals surface area contributed by atoms with Gasteiger partial charge in [-0.25, -0.2) is 0 Å². The van der Waals surface area contributed by atoms with E-state index in [1.54, 1.807) is 5.57 Å². The van der Waals surface area contributed by atoms with Gasteiger partial charge in [0.25, 0.3) is 0 Å². The molecule has 0 aromatic heterocycles. The minimum absolute atomic E-state index is 0.856. The van der Waals surface area contributed by atoms with Crippen LogP contribution in [0, 0.1) is 11.8 Å². The van der Waals surface area contributed by atoms with Crippen LogP contribution in [-0.2, 0) is 0 Å². The normalized spacial score (nSPS) is 14.4. The molecule has 0 heterocycles. The third kappa shape index (κ3) is 10.6. The monoisotopic (exact) mass is 238 g/mol. The van der Waals surface area contributed by atoms with Crippen LogP contribution in [0.25, 0.3) is 0 Å². The first-order chi connectivity index (χ1) is 8.10. The summed E-state index contributed by atoms with van der Waals surface area (Å²) in [5, 5.41) is 0. The standard InChI is InChI=1S/C17H34/c1-6-8-9-11-16(5)12-10-13-17(7-2)14-15(3)4/h12,15,17H,6-11,13-14H2,1-5H3. The Morgan fingerprint density at radius 2 is 1.82 bits per heavy atom. The van der Waals surface area contributed by atoms with E-state index in [9.17, 15) is 0 Å². The van der Waals surface area contributed by atoms with E-state index in [0.717, 1.165) is 11.8 Å². The van der Waals surface area contributed by atoms with Crippen LogP contribution in [0.2, 0.25) is 0 Å². The van der Waals surface area contributed by atoms with Crippen molar-refractivity contribution in [1.29, 1.82) is 0 Å². The highest BCUT2D eigenvalue weighted by molar-refractivity contribution is 4.97. The molecule has 102 valence electrons. The van der Waals surface area contributed by atoms with E-state index in [1.807, 2.05) is 0 Å². The minimum atomic E-state index is 0.856. The first kappa shape index (κ1) is 16.7. The zero-order chi connectivity index (χ0) is 13.1. The third-order valence-corrected chi connectivity index (χ3v) is 3.62. The first-order valence-electron chi connectivity index (χ1n) is 7.75. The second-order valence-electron chi connectivity index (χ2n) is 5.99. The van der Waals surface area contributed by atoms with Gasteiger partial charge in [-0.05, 0) is 50.9 Å². The fourth-order valence-electron chi connectivity index (χ4n) is 2.48. The van der Waals surface area contributed by atoms with Crippen molar-refractivity contribution in [2.75, 3.05) is 0 Å². The Labute approximate surface area is 110 Å². The number of allylic oxidation sites excluding steroid dienone is 2. The molecule has 0 saturated heterocycles. The molecule has 0 heteroatoms. The molecule has 0 aromatic carbocycles. The number of unbranched alkanes of at least 4 members (excludes halogenated alkanes) is 2. The highest BCUT2D eigenvalue weighted by Crippen LogP contribution is 2.21. The third-order valence-electron chi connectivity index (χ3n) is 3.62. The van der Waals surface area contributed by atoms with Crippen LogP contribution in [0.5, 0.6) is 0 Å². The van der Waals surface area contributed by atoms with Gasteiger partial charge in [-0.15, -0.1) is 0 Å². The van der Waals surface area contributed by atoms with E-state index >= 15 is 0 Å². The van der Waals surface area contributed by atoms with Crippen LogP contribution in [0.15, 0.2) is 11.6 Å². The number of hydrogen-bond acceptors (Lipinski definition) is 0. The van der Waals surface area contributed by atoms with Gasteiger partial charge >= 0.3 is 0 Å². The van der Waals surface area contributed by atoms with Crippen molar-refractivity contribution in [2.24, 2.45) is 11.8 Å². The summed E-state index contributed by atoms with van der Waals surface area (Å²) in [6.45, 7) is 11.6. The summed E-state index contributed by atoms with van der Waals surface area (Å²) in [5.41, 5.74) is 1.61. The molecular formula is C17H34. The summed E-state index contributed by atoms with van der Waals surface area (Å²) in [7, 11) is 0. The average molecular weight is 238 g/mol. The van der Waals surface area contributed by atoms with Crippen LogP contribution in [0.1, 0.15) is 86.0 Å². The zero-order valence-corrected chi connectivity index (χ0v) is 12.9.